The Kier molecular flexibility index (Phi) is 4.73. The van der Waals surface area contributed by atoms with Crippen molar-refractivity contribution in [2.75, 3.05) is 39.2 Å². The van der Waals surface area contributed by atoms with Gasteiger partial charge >= 0.3 is 0 Å². The SMILES string of the molecule is COc1cc(NC(=O)C2CN(C)CCO2)ncc1Br. The molecule has 0 radical (unpaired) electrons. The van der Waals surface area contributed by atoms with Gasteiger partial charge in [0.15, 0.2) is 0 Å². The first-order chi connectivity index (χ1) is 9.10. The number of amides is 1. The van der Waals surface area contributed by atoms with Crippen LogP contribution in [0, 0.1) is 0 Å². The molecule has 0 saturated carbocycles. The Balaban J connectivity index is 2.02. The first-order valence-corrected chi connectivity index (χ1v) is 6.70. The van der Waals surface area contributed by atoms with E-state index >= 15 is 0 Å². The maximum atomic E-state index is 12.0. The number of rotatable bonds is 3. The quantitative estimate of drug-likeness (QED) is 0.900. The van der Waals surface area contributed by atoms with Crippen LogP contribution in [0.5, 0.6) is 5.75 Å². The van der Waals surface area contributed by atoms with Gasteiger partial charge in [0.1, 0.15) is 17.7 Å². The fourth-order valence-corrected chi connectivity index (χ4v) is 2.17. The number of halogens is 1. The molecule has 19 heavy (non-hydrogen) atoms. The van der Waals surface area contributed by atoms with E-state index in [1.54, 1.807) is 19.4 Å². The Morgan fingerprint density at radius 3 is 3.16 bits per heavy atom. The molecule has 0 aliphatic carbocycles. The number of nitrogens with one attached hydrogen (secondary N) is 1. The molecule has 6 nitrogen and oxygen atoms in total. The lowest BCUT2D eigenvalue weighted by atomic mass is 10.2. The van der Waals surface area contributed by atoms with Crippen molar-refractivity contribution in [2.45, 2.75) is 6.10 Å². The highest BCUT2D eigenvalue weighted by atomic mass is 79.9. The Morgan fingerprint density at radius 2 is 2.47 bits per heavy atom. The Bertz CT molecular complexity index is 470. The lowest BCUT2D eigenvalue weighted by molar-refractivity contribution is -0.132. The molecule has 104 valence electrons. The summed E-state index contributed by atoms with van der Waals surface area (Å²) in [4.78, 5) is 18.2. The van der Waals surface area contributed by atoms with Gasteiger partial charge in [-0.1, -0.05) is 0 Å². The van der Waals surface area contributed by atoms with Gasteiger partial charge in [-0.2, -0.15) is 0 Å². The highest BCUT2D eigenvalue weighted by molar-refractivity contribution is 9.10. The summed E-state index contributed by atoms with van der Waals surface area (Å²) in [5.41, 5.74) is 0. The topological polar surface area (TPSA) is 63.7 Å². The molecule has 1 N–H and O–H groups in total. The average Bonchev–Trinajstić information content (AvgIpc) is 2.41. The molecule has 0 aromatic carbocycles. The molecule has 1 aliphatic rings. The number of ether oxygens (including phenoxy) is 2. The highest BCUT2D eigenvalue weighted by Gasteiger charge is 2.25. The Hall–Kier alpha value is -1.18. The Labute approximate surface area is 120 Å². The molecule has 7 heteroatoms. The summed E-state index contributed by atoms with van der Waals surface area (Å²) in [6.45, 7) is 1.99. The van der Waals surface area contributed by atoms with E-state index in [2.05, 4.69) is 31.1 Å². The second-order valence-corrected chi connectivity index (χ2v) is 5.17. The van der Waals surface area contributed by atoms with E-state index in [1.165, 1.54) is 0 Å². The van der Waals surface area contributed by atoms with Gasteiger partial charge in [0.05, 0.1) is 18.2 Å². The molecule has 2 rings (SSSR count). The average molecular weight is 330 g/mol. The van der Waals surface area contributed by atoms with Crippen LogP contribution in [0.15, 0.2) is 16.7 Å². The second kappa shape index (κ2) is 6.31. The number of anilines is 1. The zero-order valence-electron chi connectivity index (χ0n) is 10.9. The molecular weight excluding hydrogens is 314 g/mol. The third-order valence-electron chi connectivity index (χ3n) is 2.85. The molecule has 1 unspecified atom stereocenters. The number of pyridine rings is 1. The number of carbonyl (C=O) groups is 1. The van der Waals surface area contributed by atoms with Crippen molar-refractivity contribution < 1.29 is 14.3 Å². The van der Waals surface area contributed by atoms with E-state index in [9.17, 15) is 4.79 Å². The maximum absolute atomic E-state index is 12.0. The van der Waals surface area contributed by atoms with Gasteiger partial charge in [0, 0.05) is 25.4 Å². The van der Waals surface area contributed by atoms with Crippen molar-refractivity contribution in [3.8, 4) is 5.75 Å². The lowest BCUT2D eigenvalue weighted by Gasteiger charge is -2.28. The van der Waals surface area contributed by atoms with E-state index in [-0.39, 0.29) is 5.91 Å². The molecule has 1 amide bonds. The summed E-state index contributed by atoms with van der Waals surface area (Å²) < 4.78 is 11.3. The van der Waals surface area contributed by atoms with Crippen molar-refractivity contribution in [3.63, 3.8) is 0 Å². The maximum Gasteiger partial charge on any atom is 0.255 e. The number of carbonyl (C=O) groups excluding carboxylic acids is 1. The zero-order chi connectivity index (χ0) is 13.8. The minimum atomic E-state index is -0.463. The van der Waals surface area contributed by atoms with E-state index in [1.807, 2.05) is 7.05 Å². The van der Waals surface area contributed by atoms with Crippen molar-refractivity contribution in [1.82, 2.24) is 9.88 Å². The molecule has 1 fully saturated rings. The van der Waals surface area contributed by atoms with Crippen LogP contribution in [0.4, 0.5) is 5.82 Å². The summed E-state index contributed by atoms with van der Waals surface area (Å²) >= 11 is 3.31. The van der Waals surface area contributed by atoms with Crippen LogP contribution in [0.3, 0.4) is 0 Å². The normalized spacial score (nSPS) is 20.1. The first-order valence-electron chi connectivity index (χ1n) is 5.90. The highest BCUT2D eigenvalue weighted by Crippen LogP contribution is 2.25. The summed E-state index contributed by atoms with van der Waals surface area (Å²) in [6, 6.07) is 1.66. The van der Waals surface area contributed by atoms with Gasteiger partial charge in [-0.25, -0.2) is 4.98 Å². The van der Waals surface area contributed by atoms with E-state index in [0.717, 1.165) is 11.0 Å². The van der Waals surface area contributed by atoms with Crippen LogP contribution in [-0.2, 0) is 9.53 Å². The predicted molar refractivity (Wildman–Crippen MR) is 74.4 cm³/mol. The first kappa shape index (κ1) is 14.2. The Morgan fingerprint density at radius 1 is 1.68 bits per heavy atom. The molecule has 1 aromatic heterocycles. The lowest BCUT2D eigenvalue weighted by Crippen LogP contribution is -2.46. The third-order valence-corrected chi connectivity index (χ3v) is 3.45. The number of morpholine rings is 1. The molecule has 0 spiro atoms. The van der Waals surface area contributed by atoms with Crippen molar-refractivity contribution in [3.05, 3.63) is 16.7 Å². The minimum absolute atomic E-state index is 0.191. The van der Waals surface area contributed by atoms with Gasteiger partial charge in [-0.05, 0) is 23.0 Å². The number of likely N-dealkylation sites (N-methyl/N-ethyl adjacent to an activating group) is 1. The molecule has 0 bridgehead atoms. The van der Waals surface area contributed by atoms with E-state index in [0.29, 0.717) is 24.7 Å². The number of nitrogens with zero attached hydrogens (tertiary/aromatic N) is 2. The fourth-order valence-electron chi connectivity index (χ4n) is 1.79. The van der Waals surface area contributed by atoms with Gasteiger partial charge in [0.2, 0.25) is 0 Å². The summed E-state index contributed by atoms with van der Waals surface area (Å²) in [5, 5.41) is 2.73. The standard InChI is InChI=1S/C12H16BrN3O3/c1-16-3-4-19-10(7-16)12(17)15-11-5-9(18-2)8(13)6-14-11/h5-6,10H,3-4,7H2,1-2H3,(H,14,15,17). The molecule has 1 atom stereocenters. The van der Waals surface area contributed by atoms with Gasteiger partial charge in [-0.3, -0.25) is 4.79 Å². The number of methoxy groups -OCH3 is 1. The van der Waals surface area contributed by atoms with E-state index < -0.39 is 6.10 Å². The van der Waals surface area contributed by atoms with Gasteiger partial charge in [-0.15, -0.1) is 0 Å². The van der Waals surface area contributed by atoms with Gasteiger partial charge < -0.3 is 19.7 Å². The second-order valence-electron chi connectivity index (χ2n) is 4.32. The molecule has 1 aromatic rings. The minimum Gasteiger partial charge on any atom is -0.495 e. The molecule has 1 aliphatic heterocycles. The largest absolute Gasteiger partial charge is 0.495 e. The summed E-state index contributed by atoms with van der Waals surface area (Å²) in [7, 11) is 3.52. The van der Waals surface area contributed by atoms with Crippen LogP contribution in [0.1, 0.15) is 0 Å². The van der Waals surface area contributed by atoms with Crippen molar-refractivity contribution >= 4 is 27.7 Å². The van der Waals surface area contributed by atoms with Gasteiger partial charge in [0.25, 0.3) is 5.91 Å². The fraction of sp³-hybridized carbons (Fsp3) is 0.500. The van der Waals surface area contributed by atoms with Crippen LogP contribution in [0.25, 0.3) is 0 Å². The van der Waals surface area contributed by atoms with Crippen LogP contribution < -0.4 is 10.1 Å². The van der Waals surface area contributed by atoms with Crippen LogP contribution in [0.2, 0.25) is 0 Å². The summed E-state index contributed by atoms with van der Waals surface area (Å²) in [5.74, 6) is 0.872. The summed E-state index contributed by atoms with van der Waals surface area (Å²) in [6.07, 6.45) is 1.12. The van der Waals surface area contributed by atoms with Crippen LogP contribution >= 0.6 is 15.9 Å². The number of hydrogen-bond donors (Lipinski definition) is 1. The van der Waals surface area contributed by atoms with E-state index in [4.69, 9.17) is 9.47 Å². The molecule has 2 heterocycles. The number of aromatic nitrogens is 1. The molecule has 1 saturated heterocycles. The van der Waals surface area contributed by atoms with Crippen molar-refractivity contribution in [2.24, 2.45) is 0 Å². The number of hydrogen-bond acceptors (Lipinski definition) is 5. The predicted octanol–water partition coefficient (Wildman–Crippen LogP) is 1.12. The smallest absolute Gasteiger partial charge is 0.255 e. The monoisotopic (exact) mass is 329 g/mol. The van der Waals surface area contributed by atoms with Crippen LogP contribution in [-0.4, -0.2) is 55.7 Å². The molecular formula is C12H16BrN3O3. The third kappa shape index (κ3) is 3.65. The van der Waals surface area contributed by atoms with Crippen molar-refractivity contribution in [1.29, 1.82) is 0 Å². The zero-order valence-corrected chi connectivity index (χ0v) is 12.4.